The number of aryl methyl sites for hydroxylation is 1. The van der Waals surface area contributed by atoms with Crippen LogP contribution >= 0.6 is 11.6 Å². The average molecular weight is 340 g/mol. The van der Waals surface area contributed by atoms with Gasteiger partial charge >= 0.3 is 0 Å². The van der Waals surface area contributed by atoms with Crippen molar-refractivity contribution in [2.75, 3.05) is 5.32 Å². The predicted molar refractivity (Wildman–Crippen MR) is 101 cm³/mol. The maximum absolute atomic E-state index is 6.37. The van der Waals surface area contributed by atoms with E-state index in [1.54, 1.807) is 6.33 Å². The summed E-state index contributed by atoms with van der Waals surface area (Å²) in [4.78, 5) is 8.53. The molecule has 1 aromatic heterocycles. The molecule has 0 aliphatic rings. The molecule has 23 heavy (non-hydrogen) atoms. The van der Waals surface area contributed by atoms with Gasteiger partial charge in [0.05, 0.1) is 5.69 Å². The minimum absolute atomic E-state index is 0.447. The first-order chi connectivity index (χ1) is 11.1. The number of aromatic nitrogens is 2. The Morgan fingerprint density at radius 3 is 2.26 bits per heavy atom. The summed E-state index contributed by atoms with van der Waals surface area (Å²) in [6, 6.07) is 0.447. The Hall–Kier alpha value is -0.830. The number of rotatable bonds is 12. The number of nitrogens with one attached hydrogen (secondary N) is 1. The van der Waals surface area contributed by atoms with Crippen LogP contribution in [-0.2, 0) is 6.42 Å². The van der Waals surface area contributed by atoms with E-state index in [0.29, 0.717) is 11.1 Å². The maximum atomic E-state index is 6.37. The zero-order valence-corrected chi connectivity index (χ0v) is 16.1. The molecule has 1 rings (SSSR count). The topological polar surface area (TPSA) is 37.8 Å². The van der Waals surface area contributed by atoms with Crippen LogP contribution in [0.25, 0.3) is 0 Å². The third kappa shape index (κ3) is 8.01. The van der Waals surface area contributed by atoms with Crippen LogP contribution in [0.2, 0.25) is 5.02 Å². The van der Waals surface area contributed by atoms with Crippen LogP contribution in [-0.4, -0.2) is 16.0 Å². The van der Waals surface area contributed by atoms with E-state index in [0.717, 1.165) is 30.3 Å². The molecule has 0 spiro atoms. The summed E-state index contributed by atoms with van der Waals surface area (Å²) in [5.74, 6) is 1.64. The second-order valence-electron chi connectivity index (χ2n) is 6.82. The van der Waals surface area contributed by atoms with Crippen LogP contribution in [0.5, 0.6) is 0 Å². The average Bonchev–Trinajstić information content (AvgIpc) is 2.54. The van der Waals surface area contributed by atoms with E-state index in [4.69, 9.17) is 11.6 Å². The van der Waals surface area contributed by atoms with Crippen LogP contribution in [0.15, 0.2) is 6.33 Å². The highest BCUT2D eigenvalue weighted by Crippen LogP contribution is 2.24. The standard InChI is InChI=1S/C19H34ClN3/c1-5-16(13-11-9-7-8-10-12-15(3)4)23-19-18(20)17(6-2)21-14-22-19/h14-16H,5-13H2,1-4H3,(H,21,22,23). The molecule has 0 fully saturated rings. The summed E-state index contributed by atoms with van der Waals surface area (Å²) < 4.78 is 0. The fourth-order valence-corrected chi connectivity index (χ4v) is 3.08. The van der Waals surface area contributed by atoms with Crippen LogP contribution in [0, 0.1) is 5.92 Å². The fourth-order valence-electron chi connectivity index (χ4n) is 2.80. The summed E-state index contributed by atoms with van der Waals surface area (Å²) >= 11 is 6.37. The molecule has 3 nitrogen and oxygen atoms in total. The molecule has 1 aromatic rings. The normalized spacial score (nSPS) is 12.6. The van der Waals surface area contributed by atoms with Crippen molar-refractivity contribution < 1.29 is 0 Å². The summed E-state index contributed by atoms with van der Waals surface area (Å²) in [5.41, 5.74) is 0.921. The Kier molecular flexibility index (Phi) is 10.3. The lowest BCUT2D eigenvalue weighted by Gasteiger charge is -2.18. The Labute approximate surface area is 147 Å². The minimum atomic E-state index is 0.447. The van der Waals surface area contributed by atoms with Crippen molar-refractivity contribution in [3.8, 4) is 0 Å². The SMILES string of the molecule is CCc1ncnc(NC(CC)CCCCCCCC(C)C)c1Cl. The van der Waals surface area contributed by atoms with Gasteiger partial charge < -0.3 is 5.32 Å². The van der Waals surface area contributed by atoms with Gasteiger partial charge in [-0.25, -0.2) is 9.97 Å². The second-order valence-corrected chi connectivity index (χ2v) is 7.20. The van der Waals surface area contributed by atoms with Gasteiger partial charge in [0.1, 0.15) is 17.2 Å². The lowest BCUT2D eigenvalue weighted by Crippen LogP contribution is -2.19. The van der Waals surface area contributed by atoms with Gasteiger partial charge in [-0.05, 0) is 25.2 Å². The molecule has 132 valence electrons. The van der Waals surface area contributed by atoms with Crippen LogP contribution in [0.3, 0.4) is 0 Å². The molecule has 1 atom stereocenters. The Morgan fingerprint density at radius 1 is 1.00 bits per heavy atom. The van der Waals surface area contributed by atoms with Crippen molar-refractivity contribution >= 4 is 17.4 Å². The highest BCUT2D eigenvalue weighted by Gasteiger charge is 2.12. The number of unbranched alkanes of at least 4 members (excludes halogenated alkanes) is 4. The first-order valence-electron chi connectivity index (χ1n) is 9.34. The van der Waals surface area contributed by atoms with E-state index < -0.39 is 0 Å². The zero-order valence-electron chi connectivity index (χ0n) is 15.4. The molecule has 0 saturated heterocycles. The molecule has 1 N–H and O–H groups in total. The van der Waals surface area contributed by atoms with Crippen molar-refractivity contribution in [1.82, 2.24) is 9.97 Å². The van der Waals surface area contributed by atoms with Gasteiger partial charge in [-0.3, -0.25) is 0 Å². The van der Waals surface area contributed by atoms with Gasteiger partial charge in [-0.2, -0.15) is 0 Å². The third-order valence-electron chi connectivity index (χ3n) is 4.36. The molecular weight excluding hydrogens is 306 g/mol. The molecule has 1 unspecified atom stereocenters. The van der Waals surface area contributed by atoms with Crippen molar-refractivity contribution in [2.45, 2.75) is 91.5 Å². The predicted octanol–water partition coefficient (Wildman–Crippen LogP) is 6.27. The summed E-state index contributed by atoms with van der Waals surface area (Å²) in [7, 11) is 0. The van der Waals surface area contributed by atoms with Crippen molar-refractivity contribution in [3.63, 3.8) is 0 Å². The van der Waals surface area contributed by atoms with E-state index >= 15 is 0 Å². The monoisotopic (exact) mass is 339 g/mol. The Balaban J connectivity index is 2.29. The van der Waals surface area contributed by atoms with E-state index in [2.05, 4.69) is 43.0 Å². The fraction of sp³-hybridized carbons (Fsp3) is 0.789. The highest BCUT2D eigenvalue weighted by atomic mass is 35.5. The highest BCUT2D eigenvalue weighted by molar-refractivity contribution is 6.33. The summed E-state index contributed by atoms with van der Waals surface area (Å²) in [6.07, 6.45) is 12.8. The van der Waals surface area contributed by atoms with Gasteiger partial charge in [0, 0.05) is 6.04 Å². The van der Waals surface area contributed by atoms with E-state index in [-0.39, 0.29) is 0 Å². The molecule has 0 radical (unpaired) electrons. The molecule has 0 aliphatic carbocycles. The number of halogens is 1. The second kappa shape index (κ2) is 11.7. The van der Waals surface area contributed by atoms with Gasteiger partial charge in [0.25, 0.3) is 0 Å². The first-order valence-corrected chi connectivity index (χ1v) is 9.72. The lowest BCUT2D eigenvalue weighted by atomic mass is 10.0. The minimum Gasteiger partial charge on any atom is -0.366 e. The third-order valence-corrected chi connectivity index (χ3v) is 4.76. The van der Waals surface area contributed by atoms with Crippen LogP contribution in [0.4, 0.5) is 5.82 Å². The van der Waals surface area contributed by atoms with Crippen LogP contribution < -0.4 is 5.32 Å². The quantitative estimate of drug-likeness (QED) is 0.456. The Bertz CT molecular complexity index is 435. The smallest absolute Gasteiger partial charge is 0.148 e. The number of hydrogen-bond acceptors (Lipinski definition) is 3. The van der Waals surface area contributed by atoms with E-state index in [1.165, 1.54) is 44.9 Å². The van der Waals surface area contributed by atoms with Gasteiger partial charge in [0.15, 0.2) is 0 Å². The van der Waals surface area contributed by atoms with E-state index in [1.807, 2.05) is 0 Å². The summed E-state index contributed by atoms with van der Waals surface area (Å²) in [5, 5.41) is 4.19. The molecule has 1 heterocycles. The largest absolute Gasteiger partial charge is 0.366 e. The maximum Gasteiger partial charge on any atom is 0.148 e. The lowest BCUT2D eigenvalue weighted by molar-refractivity contribution is 0.501. The van der Waals surface area contributed by atoms with Crippen molar-refractivity contribution in [3.05, 3.63) is 17.0 Å². The molecule has 0 aliphatic heterocycles. The number of nitrogens with zero attached hydrogens (tertiary/aromatic N) is 2. The molecular formula is C19H34ClN3. The van der Waals surface area contributed by atoms with Gasteiger partial charge in [-0.15, -0.1) is 0 Å². The number of anilines is 1. The number of hydrogen-bond donors (Lipinski definition) is 1. The Morgan fingerprint density at radius 2 is 1.65 bits per heavy atom. The molecule has 0 amide bonds. The summed E-state index contributed by atoms with van der Waals surface area (Å²) in [6.45, 7) is 8.89. The molecule has 0 aromatic carbocycles. The van der Waals surface area contributed by atoms with Gasteiger partial charge in [0.2, 0.25) is 0 Å². The van der Waals surface area contributed by atoms with E-state index in [9.17, 15) is 0 Å². The molecule has 0 bridgehead atoms. The van der Waals surface area contributed by atoms with Crippen molar-refractivity contribution in [1.29, 1.82) is 0 Å². The molecule has 4 heteroatoms. The zero-order chi connectivity index (χ0) is 17.1. The van der Waals surface area contributed by atoms with Crippen LogP contribution in [0.1, 0.15) is 84.8 Å². The van der Waals surface area contributed by atoms with Gasteiger partial charge in [-0.1, -0.05) is 77.8 Å². The van der Waals surface area contributed by atoms with Crippen molar-refractivity contribution in [2.24, 2.45) is 5.92 Å². The molecule has 0 saturated carbocycles. The first kappa shape index (κ1) is 20.2.